The first-order chi connectivity index (χ1) is 13.2. The molecule has 1 aromatic heterocycles. The lowest BCUT2D eigenvalue weighted by Crippen LogP contribution is -2.21. The number of para-hydroxylation sites is 1. The van der Waals surface area contributed by atoms with E-state index in [2.05, 4.69) is 15.3 Å². The summed E-state index contributed by atoms with van der Waals surface area (Å²) in [5.41, 5.74) is 2.10. The molecule has 0 bridgehead atoms. The van der Waals surface area contributed by atoms with Crippen LogP contribution < -0.4 is 5.32 Å². The molecule has 0 saturated heterocycles. The summed E-state index contributed by atoms with van der Waals surface area (Å²) in [6.45, 7) is -0.422. The Balaban J connectivity index is 1.60. The lowest BCUT2D eigenvalue weighted by atomic mass is 10.2. The van der Waals surface area contributed by atoms with Gasteiger partial charge in [-0.05, 0) is 30.3 Å². The molecule has 1 N–H and O–H groups in total. The van der Waals surface area contributed by atoms with E-state index in [9.17, 15) is 9.59 Å². The summed E-state index contributed by atoms with van der Waals surface area (Å²) in [5.74, 6) is -0.814. The summed E-state index contributed by atoms with van der Waals surface area (Å²) < 4.78 is 5.07. The highest BCUT2D eigenvalue weighted by molar-refractivity contribution is 7.99. The van der Waals surface area contributed by atoms with Crippen molar-refractivity contribution in [2.45, 2.75) is 4.90 Å². The van der Waals surface area contributed by atoms with Crippen molar-refractivity contribution in [2.24, 2.45) is 0 Å². The molecular weight excluding hydrogens is 364 g/mol. The van der Waals surface area contributed by atoms with E-state index >= 15 is 0 Å². The van der Waals surface area contributed by atoms with Crippen LogP contribution in [-0.2, 0) is 9.53 Å². The number of esters is 1. The summed E-state index contributed by atoms with van der Waals surface area (Å²) in [4.78, 5) is 33.3. The highest BCUT2D eigenvalue weighted by atomic mass is 32.2. The molecule has 0 spiro atoms. The Morgan fingerprint density at radius 3 is 2.70 bits per heavy atom. The number of rotatable bonds is 6. The third kappa shape index (κ3) is 4.80. The predicted octanol–water partition coefficient (Wildman–Crippen LogP) is 3.04. The Bertz CT molecular complexity index is 1030. The molecule has 8 heteroatoms. The molecule has 2 aromatic carbocycles. The second-order valence-corrected chi connectivity index (χ2v) is 6.34. The molecule has 0 radical (unpaired) electrons. The van der Waals surface area contributed by atoms with Gasteiger partial charge in [0.05, 0.1) is 34.1 Å². The molecule has 7 nitrogen and oxygen atoms in total. The summed E-state index contributed by atoms with van der Waals surface area (Å²) in [7, 11) is 0. The Morgan fingerprint density at radius 2 is 1.89 bits per heavy atom. The lowest BCUT2D eigenvalue weighted by Gasteiger charge is -2.10. The summed E-state index contributed by atoms with van der Waals surface area (Å²) >= 11 is 1.31. The number of nitriles is 1. The zero-order valence-electron chi connectivity index (χ0n) is 14.1. The number of ether oxygens (including phenoxy) is 1. The van der Waals surface area contributed by atoms with Crippen LogP contribution in [0.5, 0.6) is 0 Å². The van der Waals surface area contributed by atoms with E-state index in [1.807, 2.05) is 12.1 Å². The van der Waals surface area contributed by atoms with Crippen LogP contribution in [0, 0.1) is 11.3 Å². The Morgan fingerprint density at radius 1 is 1.11 bits per heavy atom. The van der Waals surface area contributed by atoms with Gasteiger partial charge in [0.1, 0.15) is 0 Å². The van der Waals surface area contributed by atoms with Gasteiger partial charge < -0.3 is 10.1 Å². The second-order valence-electron chi connectivity index (χ2n) is 5.33. The number of aromatic nitrogens is 2. The number of fused-ring (bicyclic) bond motifs is 1. The van der Waals surface area contributed by atoms with Gasteiger partial charge in [-0.3, -0.25) is 14.8 Å². The largest absolute Gasteiger partial charge is 0.452 e. The highest BCUT2D eigenvalue weighted by Gasteiger charge is 2.13. The SMILES string of the molecule is N#CCSc1ccccc1NC(=O)COC(=O)c1ccc2nccnc2c1. The average molecular weight is 378 g/mol. The van der Waals surface area contributed by atoms with Gasteiger partial charge in [-0.25, -0.2) is 4.79 Å². The van der Waals surface area contributed by atoms with E-state index in [4.69, 9.17) is 10.00 Å². The van der Waals surface area contributed by atoms with E-state index in [-0.39, 0.29) is 5.75 Å². The van der Waals surface area contributed by atoms with Crippen LogP contribution in [0.1, 0.15) is 10.4 Å². The summed E-state index contributed by atoms with van der Waals surface area (Å²) in [6, 6.07) is 14.0. The third-order valence-corrected chi connectivity index (χ3v) is 4.43. The van der Waals surface area contributed by atoms with Crippen LogP contribution in [0.2, 0.25) is 0 Å². The predicted molar refractivity (Wildman–Crippen MR) is 101 cm³/mol. The first-order valence-corrected chi connectivity index (χ1v) is 8.92. The summed E-state index contributed by atoms with van der Waals surface area (Å²) in [5, 5.41) is 11.4. The van der Waals surface area contributed by atoms with Gasteiger partial charge in [-0.1, -0.05) is 12.1 Å². The van der Waals surface area contributed by atoms with Crippen molar-refractivity contribution in [3.8, 4) is 6.07 Å². The number of thioether (sulfide) groups is 1. The standard InChI is InChI=1S/C19H14N4O3S/c20-7-10-27-17-4-2-1-3-15(17)23-18(24)12-26-19(25)13-5-6-14-16(11-13)22-9-8-21-14/h1-6,8-9,11H,10,12H2,(H,23,24). The molecule has 0 aliphatic rings. The highest BCUT2D eigenvalue weighted by Crippen LogP contribution is 2.26. The molecule has 3 rings (SSSR count). The van der Waals surface area contributed by atoms with Gasteiger partial charge in [0.25, 0.3) is 5.91 Å². The average Bonchev–Trinajstić information content (AvgIpc) is 2.71. The van der Waals surface area contributed by atoms with Crippen LogP contribution >= 0.6 is 11.8 Å². The van der Waals surface area contributed by atoms with E-state index in [0.717, 1.165) is 4.90 Å². The van der Waals surface area contributed by atoms with Crippen molar-refractivity contribution >= 4 is 40.4 Å². The quantitative estimate of drug-likeness (QED) is 0.519. The number of anilines is 1. The maximum Gasteiger partial charge on any atom is 0.338 e. The molecule has 0 aliphatic carbocycles. The van der Waals surface area contributed by atoms with Gasteiger partial charge in [0.2, 0.25) is 0 Å². The number of nitrogens with zero attached hydrogens (tertiary/aromatic N) is 3. The molecule has 0 atom stereocenters. The monoisotopic (exact) mass is 378 g/mol. The Hall–Kier alpha value is -3.44. The molecule has 1 heterocycles. The van der Waals surface area contributed by atoms with Gasteiger partial charge in [-0.15, -0.1) is 11.8 Å². The van der Waals surface area contributed by atoms with E-state index < -0.39 is 18.5 Å². The van der Waals surface area contributed by atoms with Crippen LogP contribution in [-0.4, -0.2) is 34.2 Å². The lowest BCUT2D eigenvalue weighted by molar-refractivity contribution is -0.119. The molecule has 0 saturated carbocycles. The molecular formula is C19H14N4O3S. The molecule has 0 fully saturated rings. The number of amides is 1. The number of carbonyl (C=O) groups excluding carboxylic acids is 2. The normalized spacial score (nSPS) is 10.2. The van der Waals surface area contributed by atoms with Crippen molar-refractivity contribution in [3.63, 3.8) is 0 Å². The minimum atomic E-state index is -0.621. The molecule has 1 amide bonds. The zero-order valence-corrected chi connectivity index (χ0v) is 14.9. The molecule has 134 valence electrons. The van der Waals surface area contributed by atoms with Crippen molar-refractivity contribution in [3.05, 3.63) is 60.4 Å². The van der Waals surface area contributed by atoms with Gasteiger partial charge in [-0.2, -0.15) is 5.26 Å². The minimum Gasteiger partial charge on any atom is -0.452 e. The van der Waals surface area contributed by atoms with Crippen molar-refractivity contribution < 1.29 is 14.3 Å². The fourth-order valence-electron chi connectivity index (χ4n) is 2.30. The molecule has 3 aromatic rings. The van der Waals surface area contributed by atoms with Crippen molar-refractivity contribution in [1.82, 2.24) is 9.97 Å². The third-order valence-electron chi connectivity index (χ3n) is 3.49. The molecule has 0 unspecified atom stereocenters. The Labute approximate surface area is 159 Å². The molecule has 27 heavy (non-hydrogen) atoms. The fraction of sp³-hybridized carbons (Fsp3) is 0.105. The van der Waals surface area contributed by atoms with Crippen LogP contribution in [0.25, 0.3) is 11.0 Å². The smallest absolute Gasteiger partial charge is 0.338 e. The first-order valence-electron chi connectivity index (χ1n) is 7.94. The Kier molecular flexibility index (Phi) is 5.97. The summed E-state index contributed by atoms with van der Waals surface area (Å²) in [6.07, 6.45) is 3.10. The zero-order chi connectivity index (χ0) is 19.1. The number of hydrogen-bond acceptors (Lipinski definition) is 7. The van der Waals surface area contributed by atoms with E-state index in [1.54, 1.807) is 42.6 Å². The minimum absolute atomic E-state index is 0.271. The topological polar surface area (TPSA) is 105 Å². The number of carbonyl (C=O) groups is 2. The number of nitrogens with one attached hydrogen (secondary N) is 1. The fourth-order valence-corrected chi connectivity index (χ4v) is 2.97. The van der Waals surface area contributed by atoms with Crippen molar-refractivity contribution in [2.75, 3.05) is 17.7 Å². The van der Waals surface area contributed by atoms with Crippen LogP contribution in [0.3, 0.4) is 0 Å². The van der Waals surface area contributed by atoms with Gasteiger partial charge >= 0.3 is 5.97 Å². The van der Waals surface area contributed by atoms with Crippen molar-refractivity contribution in [1.29, 1.82) is 5.26 Å². The number of benzene rings is 2. The molecule has 0 aliphatic heterocycles. The van der Waals surface area contributed by atoms with E-state index in [0.29, 0.717) is 22.3 Å². The maximum absolute atomic E-state index is 12.2. The van der Waals surface area contributed by atoms with E-state index in [1.165, 1.54) is 18.0 Å². The van der Waals surface area contributed by atoms with Gasteiger partial charge in [0.15, 0.2) is 6.61 Å². The van der Waals surface area contributed by atoms with Crippen LogP contribution in [0.4, 0.5) is 5.69 Å². The second kappa shape index (κ2) is 8.78. The van der Waals surface area contributed by atoms with Crippen LogP contribution in [0.15, 0.2) is 59.8 Å². The maximum atomic E-state index is 12.2. The number of hydrogen-bond donors (Lipinski definition) is 1. The first kappa shape index (κ1) is 18.4. The van der Waals surface area contributed by atoms with Gasteiger partial charge in [0, 0.05) is 17.3 Å².